The fraction of sp³-hybridized carbons (Fsp3) is 0.562. The molecule has 0 fully saturated rings. The summed E-state index contributed by atoms with van der Waals surface area (Å²) in [6.45, 7) is 9.67. The van der Waals surface area contributed by atoms with Crippen molar-refractivity contribution >= 4 is 17.4 Å². The molecule has 7 heteroatoms. The number of amides is 1. The Kier molecular flexibility index (Phi) is 5.08. The molecular weight excluding hydrogens is 294 g/mol. The number of hydrogen-bond donors (Lipinski definition) is 2. The van der Waals surface area contributed by atoms with Crippen molar-refractivity contribution in [2.24, 2.45) is 0 Å². The highest BCUT2D eigenvalue weighted by Gasteiger charge is 2.18. The highest BCUT2D eigenvalue weighted by molar-refractivity contribution is 5.73. The van der Waals surface area contributed by atoms with Gasteiger partial charge in [-0.3, -0.25) is 5.43 Å². The highest BCUT2D eigenvalue weighted by atomic mass is 16.6. The van der Waals surface area contributed by atoms with Crippen molar-refractivity contribution in [3.8, 4) is 0 Å². The summed E-state index contributed by atoms with van der Waals surface area (Å²) in [6.07, 6.45) is 3.23. The number of ether oxygens (including phenoxy) is 1. The largest absolute Gasteiger partial charge is 0.443 e. The highest BCUT2D eigenvalue weighted by Crippen LogP contribution is 2.22. The van der Waals surface area contributed by atoms with E-state index in [4.69, 9.17) is 4.74 Å². The summed E-state index contributed by atoms with van der Waals surface area (Å²) >= 11 is 0. The third-order valence-electron chi connectivity index (χ3n) is 3.44. The number of aromatic nitrogens is 3. The number of nitrogens with zero attached hydrogens (tertiary/aromatic N) is 3. The van der Waals surface area contributed by atoms with Gasteiger partial charge in [-0.2, -0.15) is 5.10 Å². The van der Waals surface area contributed by atoms with Crippen LogP contribution in [0.5, 0.6) is 0 Å². The van der Waals surface area contributed by atoms with Crippen molar-refractivity contribution in [3.63, 3.8) is 0 Å². The maximum Gasteiger partial charge on any atom is 0.426 e. The van der Waals surface area contributed by atoms with Crippen LogP contribution in [-0.4, -0.2) is 26.3 Å². The Morgan fingerprint density at radius 2 is 2.04 bits per heavy atom. The molecule has 2 rings (SSSR count). The standard InChI is InChI=1S/C16H25N5O2/c1-6-11(7-2)13-17-14(12-9-8-10-21(12)20-13)18-19-15(22)23-16(3,4)5/h8-11H,6-7H2,1-5H3,(H,19,22)(H,17,18,20). The van der Waals surface area contributed by atoms with Crippen LogP contribution in [0.15, 0.2) is 18.3 Å². The number of fused-ring (bicyclic) bond motifs is 1. The minimum absolute atomic E-state index is 0.281. The molecule has 0 saturated carbocycles. The van der Waals surface area contributed by atoms with Gasteiger partial charge in [0.1, 0.15) is 11.1 Å². The van der Waals surface area contributed by atoms with Crippen molar-refractivity contribution in [2.75, 3.05) is 5.43 Å². The Morgan fingerprint density at radius 3 is 2.65 bits per heavy atom. The summed E-state index contributed by atoms with van der Waals surface area (Å²) in [5.74, 6) is 1.59. The summed E-state index contributed by atoms with van der Waals surface area (Å²) in [5, 5.41) is 4.55. The lowest BCUT2D eigenvalue weighted by molar-refractivity contribution is 0.0541. The van der Waals surface area contributed by atoms with E-state index in [1.165, 1.54) is 0 Å². The molecule has 126 valence electrons. The molecule has 1 amide bonds. The number of rotatable bonds is 5. The Hall–Kier alpha value is -2.31. The fourth-order valence-electron chi connectivity index (χ4n) is 2.28. The zero-order chi connectivity index (χ0) is 17.0. The molecule has 0 aliphatic carbocycles. The van der Waals surface area contributed by atoms with E-state index in [2.05, 4.69) is 34.8 Å². The molecule has 0 aliphatic heterocycles. The number of carbonyl (C=O) groups excluding carboxylic acids is 1. The maximum absolute atomic E-state index is 11.8. The summed E-state index contributed by atoms with van der Waals surface area (Å²) in [5.41, 5.74) is 5.60. The second-order valence-corrected chi connectivity index (χ2v) is 6.42. The number of hydrogen-bond acceptors (Lipinski definition) is 5. The third kappa shape index (κ3) is 4.34. The molecule has 2 heterocycles. The molecule has 0 bridgehead atoms. The molecule has 0 unspecified atom stereocenters. The van der Waals surface area contributed by atoms with Gasteiger partial charge in [-0.1, -0.05) is 13.8 Å². The first-order valence-corrected chi connectivity index (χ1v) is 7.94. The normalized spacial score (nSPS) is 11.7. The quantitative estimate of drug-likeness (QED) is 0.825. The topological polar surface area (TPSA) is 80.5 Å². The van der Waals surface area contributed by atoms with E-state index in [1.54, 1.807) is 4.52 Å². The second-order valence-electron chi connectivity index (χ2n) is 6.42. The van der Waals surface area contributed by atoms with Crippen molar-refractivity contribution in [2.45, 2.75) is 59.0 Å². The van der Waals surface area contributed by atoms with Gasteiger partial charge in [0, 0.05) is 12.1 Å². The molecule has 0 aromatic carbocycles. The van der Waals surface area contributed by atoms with Crippen LogP contribution in [0.3, 0.4) is 0 Å². The monoisotopic (exact) mass is 319 g/mol. The van der Waals surface area contributed by atoms with E-state index < -0.39 is 11.7 Å². The molecule has 0 spiro atoms. The van der Waals surface area contributed by atoms with Gasteiger partial charge in [0.25, 0.3) is 0 Å². The lowest BCUT2D eigenvalue weighted by Gasteiger charge is -2.20. The first-order valence-electron chi connectivity index (χ1n) is 7.94. The molecule has 2 aromatic rings. The van der Waals surface area contributed by atoms with Crippen LogP contribution in [0, 0.1) is 0 Å². The SMILES string of the molecule is CCC(CC)c1nc(NNC(=O)OC(C)(C)C)c2cccn2n1. The molecular formula is C16H25N5O2. The predicted octanol–water partition coefficient (Wildman–Crippen LogP) is 3.48. The molecule has 2 aromatic heterocycles. The molecule has 23 heavy (non-hydrogen) atoms. The van der Waals surface area contributed by atoms with Crippen LogP contribution in [0.1, 0.15) is 59.2 Å². The van der Waals surface area contributed by atoms with Gasteiger partial charge in [0.05, 0.1) is 0 Å². The van der Waals surface area contributed by atoms with E-state index in [9.17, 15) is 4.79 Å². The average Bonchev–Trinajstić information content (AvgIpc) is 2.92. The zero-order valence-electron chi connectivity index (χ0n) is 14.4. The van der Waals surface area contributed by atoms with Gasteiger partial charge in [0.2, 0.25) is 0 Å². The first-order chi connectivity index (χ1) is 10.8. The van der Waals surface area contributed by atoms with Crippen LogP contribution in [0.25, 0.3) is 5.52 Å². The second kappa shape index (κ2) is 6.85. The molecule has 7 nitrogen and oxygen atoms in total. The number of hydrazine groups is 1. The summed E-state index contributed by atoms with van der Waals surface area (Å²) in [6, 6.07) is 3.77. The Morgan fingerprint density at radius 1 is 1.35 bits per heavy atom. The van der Waals surface area contributed by atoms with Gasteiger partial charge in [-0.05, 0) is 45.7 Å². The summed E-state index contributed by atoms with van der Waals surface area (Å²) < 4.78 is 6.97. The van der Waals surface area contributed by atoms with Crippen molar-refractivity contribution in [1.82, 2.24) is 20.0 Å². The smallest absolute Gasteiger partial charge is 0.426 e. The average molecular weight is 319 g/mol. The van der Waals surface area contributed by atoms with Crippen LogP contribution >= 0.6 is 0 Å². The molecule has 0 atom stereocenters. The van der Waals surface area contributed by atoms with Crippen molar-refractivity contribution in [3.05, 3.63) is 24.2 Å². The van der Waals surface area contributed by atoms with Crippen LogP contribution < -0.4 is 10.9 Å². The molecule has 0 radical (unpaired) electrons. The number of nitrogens with one attached hydrogen (secondary N) is 2. The Labute approximate surface area is 136 Å². The van der Waals surface area contributed by atoms with Gasteiger partial charge in [0.15, 0.2) is 11.6 Å². The van der Waals surface area contributed by atoms with Crippen LogP contribution in [0.2, 0.25) is 0 Å². The summed E-state index contributed by atoms with van der Waals surface area (Å²) in [4.78, 5) is 16.4. The molecule has 0 saturated heterocycles. The minimum Gasteiger partial charge on any atom is -0.443 e. The first kappa shape index (κ1) is 17.1. The van der Waals surface area contributed by atoms with Crippen molar-refractivity contribution < 1.29 is 9.53 Å². The minimum atomic E-state index is -0.553. The summed E-state index contributed by atoms with van der Waals surface area (Å²) in [7, 11) is 0. The molecule has 2 N–H and O–H groups in total. The van der Waals surface area contributed by atoms with Gasteiger partial charge in [-0.25, -0.2) is 19.7 Å². The predicted molar refractivity (Wildman–Crippen MR) is 89.3 cm³/mol. The number of carbonyl (C=O) groups is 1. The van der Waals surface area contributed by atoms with E-state index in [-0.39, 0.29) is 5.92 Å². The zero-order valence-corrected chi connectivity index (χ0v) is 14.4. The van der Waals surface area contributed by atoms with E-state index in [0.29, 0.717) is 5.82 Å². The van der Waals surface area contributed by atoms with Gasteiger partial charge < -0.3 is 4.74 Å². The van der Waals surface area contributed by atoms with Gasteiger partial charge >= 0.3 is 6.09 Å². The lowest BCUT2D eigenvalue weighted by atomic mass is 10.0. The van der Waals surface area contributed by atoms with E-state index in [0.717, 1.165) is 24.2 Å². The Bertz CT molecular complexity index is 671. The van der Waals surface area contributed by atoms with Crippen LogP contribution in [-0.2, 0) is 4.74 Å². The number of anilines is 1. The van der Waals surface area contributed by atoms with E-state index in [1.807, 2.05) is 39.1 Å². The van der Waals surface area contributed by atoms with E-state index >= 15 is 0 Å². The van der Waals surface area contributed by atoms with Gasteiger partial charge in [-0.15, -0.1) is 0 Å². The van der Waals surface area contributed by atoms with Crippen molar-refractivity contribution in [1.29, 1.82) is 0 Å². The third-order valence-corrected chi connectivity index (χ3v) is 3.44. The maximum atomic E-state index is 11.8. The van der Waals surface area contributed by atoms with Crippen LogP contribution in [0.4, 0.5) is 10.6 Å². The lowest BCUT2D eigenvalue weighted by Crippen LogP contribution is -2.36. The molecule has 0 aliphatic rings. The fourth-order valence-corrected chi connectivity index (χ4v) is 2.28. The Balaban J connectivity index is 2.21.